The second-order valence-corrected chi connectivity index (χ2v) is 16.1. The summed E-state index contributed by atoms with van der Waals surface area (Å²) in [6, 6.07) is 23.8. The van der Waals surface area contributed by atoms with E-state index in [1.807, 2.05) is 57.2 Å². The number of nitrogens with zero attached hydrogens (tertiary/aromatic N) is 4. The summed E-state index contributed by atoms with van der Waals surface area (Å²) in [6.07, 6.45) is 4.71. The van der Waals surface area contributed by atoms with Gasteiger partial charge in [-0.05, 0) is 99.7 Å². The van der Waals surface area contributed by atoms with Crippen LogP contribution in [0.25, 0.3) is 83.4 Å². The molecule has 11 rings (SSSR count). The fourth-order valence-corrected chi connectivity index (χ4v) is 8.23. The Bertz CT molecular complexity index is 4450. The van der Waals surface area contributed by atoms with Crippen molar-refractivity contribution < 1.29 is 34.0 Å². The van der Waals surface area contributed by atoms with E-state index in [2.05, 4.69) is 11.3 Å². The van der Waals surface area contributed by atoms with Crippen LogP contribution < -0.4 is 9.30 Å². The molecule has 64 heavy (non-hydrogen) atoms. The van der Waals surface area contributed by atoms with Crippen molar-refractivity contribution in [2.24, 2.45) is 0 Å². The van der Waals surface area contributed by atoms with Crippen molar-refractivity contribution in [1.29, 1.82) is 0 Å². The summed E-state index contributed by atoms with van der Waals surface area (Å²) in [7, 11) is 0. The van der Waals surface area contributed by atoms with Gasteiger partial charge in [0.15, 0.2) is 0 Å². The quantitative estimate of drug-likeness (QED) is 0.113. The summed E-state index contributed by atoms with van der Waals surface area (Å²) in [5.74, 6) is 0.855. The molecule has 0 amide bonds. The highest BCUT2D eigenvalue weighted by Crippen LogP contribution is 2.38. The highest BCUT2D eigenvalue weighted by molar-refractivity contribution is 6.09. The van der Waals surface area contributed by atoms with E-state index in [0.717, 1.165) is 16.3 Å². The molecule has 3 aromatic heterocycles. The van der Waals surface area contributed by atoms with Crippen LogP contribution in [-0.2, 0) is 5.41 Å². The SMILES string of the molecule is [2H]c1c([2H])c([2H])c(-c2ccc3c(c2)n(-c2cccc(Oc4ccc5c6ccccc6n(-c6cc(C([2H])([2H])[2H])c(-c7c([2H])c([2H])c([2H])c([2H])c7[2H])cn6)c5c4)c2)[c-][n+]3-c2c(-c3c([2H])c([2H])c([2H])c([2H])c3[2H])cccc2C(C)(C)C)c([2H])c1[2H]. The summed E-state index contributed by atoms with van der Waals surface area (Å²) in [5.41, 5.74) is 3.02. The molecule has 0 unspecified atom stereocenters. The maximum Gasteiger partial charge on any atom is 0.269 e. The zero-order valence-electron chi connectivity index (χ0n) is 52.7. The van der Waals surface area contributed by atoms with Gasteiger partial charge in [0.05, 0.1) is 54.0 Å². The van der Waals surface area contributed by atoms with E-state index in [9.17, 15) is 0 Å². The summed E-state index contributed by atoms with van der Waals surface area (Å²) in [5, 5.41) is 1.56. The Balaban J connectivity index is 1.09. The Morgan fingerprint density at radius 2 is 1.28 bits per heavy atom. The smallest absolute Gasteiger partial charge is 0.269 e. The minimum atomic E-state index is -2.82. The number of imidazole rings is 1. The lowest BCUT2D eigenvalue weighted by atomic mass is 9.83. The summed E-state index contributed by atoms with van der Waals surface area (Å²) < 4.78 is 166. The third-order valence-electron chi connectivity index (χ3n) is 11.1. The number of fused-ring (bicyclic) bond motifs is 4. The Hall–Kier alpha value is -8.02. The zero-order valence-corrected chi connectivity index (χ0v) is 34.7. The van der Waals surface area contributed by atoms with E-state index in [4.69, 9.17) is 29.4 Å². The molecule has 0 saturated carbocycles. The van der Waals surface area contributed by atoms with Crippen LogP contribution in [0.15, 0.2) is 206 Å². The third-order valence-corrected chi connectivity index (χ3v) is 11.1. The lowest BCUT2D eigenvalue weighted by Crippen LogP contribution is -2.34. The van der Waals surface area contributed by atoms with Crippen LogP contribution in [-0.4, -0.2) is 14.1 Å². The first-order valence-corrected chi connectivity index (χ1v) is 20.4. The molecule has 0 spiro atoms. The molecule has 0 bridgehead atoms. The van der Waals surface area contributed by atoms with Crippen LogP contribution >= 0.6 is 0 Å². The number of aryl methyl sites for hydroxylation is 1. The fourth-order valence-electron chi connectivity index (χ4n) is 8.23. The molecule has 0 fully saturated rings. The molecular formula is C59H46N4O. The van der Waals surface area contributed by atoms with Crippen LogP contribution in [0.5, 0.6) is 11.5 Å². The molecular weight excluding hydrogens is 781 g/mol. The minimum Gasteiger partial charge on any atom is -0.458 e. The number of pyridine rings is 1. The van der Waals surface area contributed by atoms with Crippen LogP contribution in [0.3, 0.4) is 0 Å². The molecule has 0 radical (unpaired) electrons. The summed E-state index contributed by atoms with van der Waals surface area (Å²) in [6.45, 7) is 3.14. The normalized spacial score (nSPS) is 15.9. The summed E-state index contributed by atoms with van der Waals surface area (Å²) in [4.78, 5) is 4.69. The van der Waals surface area contributed by atoms with Gasteiger partial charge in [0.1, 0.15) is 17.3 Å². The van der Waals surface area contributed by atoms with E-state index in [1.54, 1.807) is 80.4 Å². The van der Waals surface area contributed by atoms with Crippen LogP contribution in [0.1, 0.15) is 56.6 Å². The largest absolute Gasteiger partial charge is 0.458 e. The lowest BCUT2D eigenvalue weighted by molar-refractivity contribution is -0.572. The molecule has 3 heterocycles. The molecule has 0 N–H and O–H groups in total. The van der Waals surface area contributed by atoms with Crippen LogP contribution in [0.4, 0.5) is 0 Å². The van der Waals surface area contributed by atoms with Gasteiger partial charge < -0.3 is 4.74 Å². The van der Waals surface area contributed by atoms with E-state index in [-0.39, 0.29) is 33.6 Å². The first-order valence-electron chi connectivity index (χ1n) is 29.4. The Morgan fingerprint density at radius 3 is 2.03 bits per heavy atom. The Labute approximate surface area is 399 Å². The van der Waals surface area contributed by atoms with E-state index in [1.165, 1.54) is 12.3 Å². The Morgan fingerprint density at radius 1 is 0.594 bits per heavy atom. The highest BCUT2D eigenvalue weighted by atomic mass is 16.5. The minimum absolute atomic E-state index is 0.0325. The molecule has 5 heteroatoms. The monoisotopic (exact) mass is 844 g/mol. The van der Waals surface area contributed by atoms with Gasteiger partial charge in [-0.2, -0.15) is 0 Å². The average molecular weight is 845 g/mol. The van der Waals surface area contributed by atoms with E-state index < -0.39 is 103 Å². The van der Waals surface area contributed by atoms with Crippen molar-refractivity contribution in [3.8, 4) is 62.1 Å². The molecule has 0 aliphatic heterocycles. The third kappa shape index (κ3) is 6.92. The first-order chi connectivity index (χ1) is 38.7. The van der Waals surface area contributed by atoms with E-state index >= 15 is 0 Å². The Kier molecular flexibility index (Phi) is 5.89. The van der Waals surface area contributed by atoms with Crippen LogP contribution in [0.2, 0.25) is 0 Å². The molecule has 0 atom stereocenters. The standard InChI is InChI=1S/C59H46N4O/c1-40-34-57(60-38-51(40)43-22-12-7-13-23-43)63-53-29-15-14-26-49(53)50-32-31-47(37-55(50)63)64-46-25-16-24-45(36-46)61-39-62(54-33-30-44(35-56(54)61)41-18-8-5-9-19-41)58-48(42-20-10-6-11-21-42)27-17-28-52(58)59(2,3)4/h5-38H,1-4H3/i1D3,5D,6D,7D,8D,9D,10D,11D,12D,13D,18D,19D,20D,21D,22D,23D. The average Bonchev–Trinajstić information content (AvgIpc) is 3.83. The van der Waals surface area contributed by atoms with Crippen LogP contribution in [0, 0.1) is 13.2 Å². The predicted molar refractivity (Wildman–Crippen MR) is 262 cm³/mol. The van der Waals surface area contributed by atoms with Gasteiger partial charge in [0.2, 0.25) is 0 Å². The molecule has 11 aromatic rings. The van der Waals surface area contributed by atoms with Crippen molar-refractivity contribution in [3.63, 3.8) is 0 Å². The summed E-state index contributed by atoms with van der Waals surface area (Å²) >= 11 is 0. The number of rotatable bonds is 8. The zero-order chi connectivity index (χ0) is 58.9. The second kappa shape index (κ2) is 15.7. The van der Waals surface area contributed by atoms with Crippen molar-refractivity contribution >= 4 is 32.8 Å². The topological polar surface area (TPSA) is 35.9 Å². The fraction of sp³-hybridized carbons (Fsp3) is 0.0847. The second-order valence-electron chi connectivity index (χ2n) is 16.1. The lowest BCUT2D eigenvalue weighted by Gasteiger charge is -2.26. The number of hydrogen-bond donors (Lipinski definition) is 0. The van der Waals surface area contributed by atoms with E-state index in [0.29, 0.717) is 56.1 Å². The maximum atomic E-state index is 9.07. The molecule has 0 aliphatic carbocycles. The van der Waals surface area contributed by atoms with Gasteiger partial charge in [0.25, 0.3) is 6.33 Å². The van der Waals surface area contributed by atoms with Crippen molar-refractivity contribution in [2.45, 2.75) is 33.0 Å². The van der Waals surface area contributed by atoms with Crippen molar-refractivity contribution in [1.82, 2.24) is 14.1 Å². The van der Waals surface area contributed by atoms with Gasteiger partial charge in [-0.15, -0.1) is 0 Å². The molecule has 0 aliphatic rings. The van der Waals surface area contributed by atoms with Gasteiger partial charge in [-0.25, -0.2) is 4.98 Å². The molecule has 8 aromatic carbocycles. The van der Waals surface area contributed by atoms with Crippen molar-refractivity contribution in [2.75, 3.05) is 0 Å². The number of para-hydroxylation sites is 2. The highest BCUT2D eigenvalue weighted by Gasteiger charge is 2.25. The number of hydrogen-bond acceptors (Lipinski definition) is 2. The number of ether oxygens (including phenoxy) is 1. The maximum absolute atomic E-state index is 9.07. The first kappa shape index (κ1) is 24.0. The predicted octanol–water partition coefficient (Wildman–Crippen LogP) is 14.6. The molecule has 308 valence electrons. The molecule has 0 saturated heterocycles. The van der Waals surface area contributed by atoms with Crippen molar-refractivity contribution in [3.05, 3.63) is 223 Å². The number of benzene rings is 8. The molecule has 5 nitrogen and oxygen atoms in total. The van der Waals surface area contributed by atoms with Gasteiger partial charge in [-0.1, -0.05) is 166 Å². The number of aromatic nitrogens is 4. The van der Waals surface area contributed by atoms with Gasteiger partial charge in [0, 0.05) is 32.7 Å². The van der Waals surface area contributed by atoms with Gasteiger partial charge in [-0.3, -0.25) is 13.7 Å². The van der Waals surface area contributed by atoms with Gasteiger partial charge >= 0.3 is 0 Å².